The van der Waals surface area contributed by atoms with E-state index in [2.05, 4.69) is 48.5 Å². The first kappa shape index (κ1) is 23.0. The van der Waals surface area contributed by atoms with Gasteiger partial charge in [0.1, 0.15) is 0 Å². The summed E-state index contributed by atoms with van der Waals surface area (Å²) in [7, 11) is 0. The van der Waals surface area contributed by atoms with Crippen LogP contribution in [0.2, 0.25) is 0 Å². The fraction of sp³-hybridized carbons (Fsp3) is 1.00. The van der Waals surface area contributed by atoms with Gasteiger partial charge in [-0.1, -0.05) is 80.6 Å². The summed E-state index contributed by atoms with van der Waals surface area (Å²) < 4.78 is 0. The average molecular weight is 353 g/mol. The quantitative estimate of drug-likeness (QED) is 0.386. The van der Waals surface area contributed by atoms with Gasteiger partial charge in [-0.15, -0.1) is 0 Å². The molecule has 0 aromatic carbocycles. The molecule has 0 bridgehead atoms. The highest BCUT2D eigenvalue weighted by Crippen LogP contribution is 2.51. The van der Waals surface area contributed by atoms with E-state index in [1.807, 2.05) is 0 Å². The number of hydrogen-bond acceptors (Lipinski definition) is 1. The van der Waals surface area contributed by atoms with Crippen LogP contribution in [0.5, 0.6) is 0 Å². The summed E-state index contributed by atoms with van der Waals surface area (Å²) in [5, 5.41) is 9.84. The van der Waals surface area contributed by atoms with E-state index in [0.717, 1.165) is 36.5 Å². The van der Waals surface area contributed by atoms with E-state index in [1.54, 1.807) is 0 Å². The van der Waals surface area contributed by atoms with Gasteiger partial charge in [-0.3, -0.25) is 0 Å². The van der Waals surface area contributed by atoms with Gasteiger partial charge < -0.3 is 5.11 Å². The van der Waals surface area contributed by atoms with Gasteiger partial charge in [-0.25, -0.2) is 0 Å². The highest BCUT2D eigenvalue weighted by molar-refractivity contribution is 4.91. The summed E-state index contributed by atoms with van der Waals surface area (Å²) in [5.74, 6) is 4.18. The average Bonchev–Trinajstić information content (AvgIpc) is 2.96. The van der Waals surface area contributed by atoms with Gasteiger partial charge in [0.05, 0.1) is 6.10 Å². The second-order valence-corrected chi connectivity index (χ2v) is 10.3. The SMILES string of the molecule is CCC(O)C[C@@H](C)CC[C@H](C)[C@@H]1CC[C@](C)([C@H](C)CCCC(C)C)C1. The molecule has 25 heavy (non-hydrogen) atoms. The van der Waals surface area contributed by atoms with Gasteiger partial charge in [0.2, 0.25) is 0 Å². The molecule has 150 valence electrons. The second kappa shape index (κ2) is 11.0. The Morgan fingerprint density at radius 1 is 1.00 bits per heavy atom. The van der Waals surface area contributed by atoms with E-state index in [-0.39, 0.29) is 6.10 Å². The molecule has 1 rings (SSSR count). The lowest BCUT2D eigenvalue weighted by molar-refractivity contribution is 0.135. The molecule has 6 atom stereocenters. The molecule has 0 amide bonds. The van der Waals surface area contributed by atoms with Crippen molar-refractivity contribution in [3.8, 4) is 0 Å². The third-order valence-corrected chi connectivity index (χ3v) is 7.49. The zero-order valence-electron chi connectivity index (χ0n) is 18.5. The second-order valence-electron chi connectivity index (χ2n) is 10.3. The van der Waals surface area contributed by atoms with Crippen molar-refractivity contribution in [1.82, 2.24) is 0 Å². The first-order valence-electron chi connectivity index (χ1n) is 11.4. The zero-order valence-corrected chi connectivity index (χ0v) is 18.5. The Morgan fingerprint density at radius 3 is 2.28 bits per heavy atom. The third-order valence-electron chi connectivity index (χ3n) is 7.49. The van der Waals surface area contributed by atoms with E-state index in [9.17, 15) is 5.11 Å². The predicted octanol–water partition coefficient (Wildman–Crippen LogP) is 7.47. The molecule has 1 fully saturated rings. The Balaban J connectivity index is 2.36. The molecule has 0 radical (unpaired) electrons. The van der Waals surface area contributed by atoms with Crippen LogP contribution in [0.25, 0.3) is 0 Å². The fourth-order valence-electron chi connectivity index (χ4n) is 4.96. The van der Waals surface area contributed by atoms with Gasteiger partial charge in [-0.05, 0) is 67.1 Å². The molecule has 1 unspecified atom stereocenters. The minimum absolute atomic E-state index is 0.0910. The summed E-state index contributed by atoms with van der Waals surface area (Å²) >= 11 is 0. The van der Waals surface area contributed by atoms with Crippen molar-refractivity contribution in [2.75, 3.05) is 0 Å². The molecule has 1 N–H and O–H groups in total. The summed E-state index contributed by atoms with van der Waals surface area (Å²) in [5.41, 5.74) is 0.583. The molecule has 0 aromatic rings. The van der Waals surface area contributed by atoms with E-state index in [4.69, 9.17) is 0 Å². The van der Waals surface area contributed by atoms with Crippen molar-refractivity contribution in [3.05, 3.63) is 0 Å². The Kier molecular flexibility index (Phi) is 10.1. The standard InChI is InChI=1S/C24H48O/c1-8-23(25)16-19(4)12-13-20(5)22-14-15-24(7,17-22)21(6)11-9-10-18(2)3/h18-23,25H,8-17H2,1-7H3/t19-,20-,21+,22+,23?,24-/m0/s1. The molecule has 0 heterocycles. The van der Waals surface area contributed by atoms with Crippen molar-refractivity contribution in [1.29, 1.82) is 0 Å². The smallest absolute Gasteiger partial charge is 0.0540 e. The monoisotopic (exact) mass is 352 g/mol. The largest absolute Gasteiger partial charge is 0.393 e. The Labute approximate surface area is 159 Å². The minimum Gasteiger partial charge on any atom is -0.393 e. The lowest BCUT2D eigenvalue weighted by Gasteiger charge is -2.33. The molecule has 0 aliphatic heterocycles. The molecule has 0 saturated heterocycles. The van der Waals surface area contributed by atoms with Crippen LogP contribution in [0.15, 0.2) is 0 Å². The lowest BCUT2D eigenvalue weighted by Crippen LogP contribution is -2.23. The summed E-state index contributed by atoms with van der Waals surface area (Å²) in [6.45, 7) is 16.7. The van der Waals surface area contributed by atoms with Gasteiger partial charge in [0.15, 0.2) is 0 Å². The fourth-order valence-corrected chi connectivity index (χ4v) is 4.96. The number of aliphatic hydroxyl groups is 1. The van der Waals surface area contributed by atoms with Gasteiger partial charge >= 0.3 is 0 Å². The van der Waals surface area contributed by atoms with Crippen LogP contribution in [-0.2, 0) is 0 Å². The van der Waals surface area contributed by atoms with Gasteiger partial charge in [0, 0.05) is 0 Å². The highest BCUT2D eigenvalue weighted by Gasteiger charge is 2.40. The number of hydrogen-bond donors (Lipinski definition) is 1. The van der Waals surface area contributed by atoms with Crippen LogP contribution in [0.1, 0.15) is 113 Å². The number of aliphatic hydroxyl groups excluding tert-OH is 1. The van der Waals surface area contributed by atoms with Crippen LogP contribution in [0.3, 0.4) is 0 Å². The Bertz CT molecular complexity index is 350. The first-order valence-corrected chi connectivity index (χ1v) is 11.4. The molecule has 1 nitrogen and oxygen atoms in total. The molecular weight excluding hydrogens is 304 g/mol. The minimum atomic E-state index is -0.0910. The maximum absolute atomic E-state index is 9.84. The zero-order chi connectivity index (χ0) is 19.0. The van der Waals surface area contributed by atoms with E-state index in [0.29, 0.717) is 11.3 Å². The van der Waals surface area contributed by atoms with Gasteiger partial charge in [0.25, 0.3) is 0 Å². The summed E-state index contributed by atoms with van der Waals surface area (Å²) in [4.78, 5) is 0. The summed E-state index contributed by atoms with van der Waals surface area (Å²) in [6.07, 6.45) is 13.0. The van der Waals surface area contributed by atoms with Crippen LogP contribution in [-0.4, -0.2) is 11.2 Å². The Hall–Kier alpha value is -0.0400. The maximum Gasteiger partial charge on any atom is 0.0540 e. The van der Waals surface area contributed by atoms with Crippen LogP contribution in [0, 0.1) is 35.0 Å². The van der Waals surface area contributed by atoms with Gasteiger partial charge in [-0.2, -0.15) is 0 Å². The van der Waals surface area contributed by atoms with E-state index < -0.39 is 0 Å². The van der Waals surface area contributed by atoms with Crippen molar-refractivity contribution in [2.45, 2.75) is 119 Å². The van der Waals surface area contributed by atoms with Crippen molar-refractivity contribution < 1.29 is 5.11 Å². The molecular formula is C24H48O. The van der Waals surface area contributed by atoms with E-state index >= 15 is 0 Å². The number of rotatable bonds is 12. The molecule has 1 saturated carbocycles. The molecule has 1 aliphatic carbocycles. The molecule has 0 spiro atoms. The highest BCUT2D eigenvalue weighted by atomic mass is 16.3. The van der Waals surface area contributed by atoms with Crippen molar-refractivity contribution >= 4 is 0 Å². The van der Waals surface area contributed by atoms with E-state index in [1.165, 1.54) is 51.4 Å². The van der Waals surface area contributed by atoms with Crippen LogP contribution >= 0.6 is 0 Å². The molecule has 1 aliphatic rings. The van der Waals surface area contributed by atoms with Crippen LogP contribution < -0.4 is 0 Å². The lowest BCUT2D eigenvalue weighted by atomic mass is 9.72. The van der Waals surface area contributed by atoms with Crippen molar-refractivity contribution in [3.63, 3.8) is 0 Å². The summed E-state index contributed by atoms with van der Waals surface area (Å²) in [6, 6.07) is 0. The maximum atomic E-state index is 9.84. The third kappa shape index (κ3) is 8.02. The molecule has 0 aromatic heterocycles. The molecule has 1 heteroatoms. The van der Waals surface area contributed by atoms with Crippen molar-refractivity contribution in [2.24, 2.45) is 35.0 Å². The van der Waals surface area contributed by atoms with Crippen LogP contribution in [0.4, 0.5) is 0 Å². The normalized spacial score (nSPS) is 28.9. The predicted molar refractivity (Wildman–Crippen MR) is 112 cm³/mol. The topological polar surface area (TPSA) is 20.2 Å². The first-order chi connectivity index (χ1) is 11.7. The Morgan fingerprint density at radius 2 is 1.68 bits per heavy atom.